The maximum absolute atomic E-state index is 13.4. The molecule has 0 bridgehead atoms. The molecule has 8 heteroatoms. The smallest absolute Gasteiger partial charge is 0.259 e. The summed E-state index contributed by atoms with van der Waals surface area (Å²) in [6.07, 6.45) is 1.32. The third-order valence-corrected chi connectivity index (χ3v) is 2.54. The van der Waals surface area contributed by atoms with Gasteiger partial charge in [0.1, 0.15) is 22.4 Å². The summed E-state index contributed by atoms with van der Waals surface area (Å²) >= 11 is 4.75. The second-order valence-corrected chi connectivity index (χ2v) is 4.04. The predicted molar refractivity (Wildman–Crippen MR) is 68.8 cm³/mol. The lowest BCUT2D eigenvalue weighted by atomic mass is 10.2. The first-order valence-electron chi connectivity index (χ1n) is 5.08. The fraction of sp³-hybridized carbons (Fsp3) is 0. The molecule has 1 amide bonds. The molecular weight excluding hydrogens is 274 g/mol. The fourth-order valence-corrected chi connectivity index (χ4v) is 1.58. The number of benzene rings is 1. The number of rotatable bonds is 3. The van der Waals surface area contributed by atoms with Crippen LogP contribution in [0.15, 0.2) is 24.4 Å². The van der Waals surface area contributed by atoms with Gasteiger partial charge >= 0.3 is 0 Å². The summed E-state index contributed by atoms with van der Waals surface area (Å²) in [5.41, 5.74) is 5.29. The topological polar surface area (TPSA) is 83.8 Å². The minimum atomic E-state index is -0.838. The van der Waals surface area contributed by atoms with Crippen molar-refractivity contribution in [3.05, 3.63) is 47.2 Å². The summed E-state index contributed by atoms with van der Waals surface area (Å²) in [6, 6.07) is 2.58. The molecule has 0 fully saturated rings. The Morgan fingerprint density at radius 3 is 2.79 bits per heavy atom. The Labute approximate surface area is 111 Å². The Hall–Kier alpha value is -2.35. The molecule has 0 saturated carbocycles. The molecule has 19 heavy (non-hydrogen) atoms. The molecule has 0 atom stereocenters. The van der Waals surface area contributed by atoms with E-state index < -0.39 is 23.1 Å². The average molecular weight is 282 g/mol. The van der Waals surface area contributed by atoms with Crippen molar-refractivity contribution < 1.29 is 13.6 Å². The van der Waals surface area contributed by atoms with Gasteiger partial charge in [0, 0.05) is 0 Å². The van der Waals surface area contributed by atoms with Crippen LogP contribution in [0.3, 0.4) is 0 Å². The van der Waals surface area contributed by atoms with Gasteiger partial charge in [0.2, 0.25) is 0 Å². The number of hydrogen-bond acceptors (Lipinski definition) is 3. The molecule has 5 nitrogen and oxygen atoms in total. The van der Waals surface area contributed by atoms with Gasteiger partial charge in [-0.1, -0.05) is 12.2 Å². The van der Waals surface area contributed by atoms with Crippen molar-refractivity contribution in [2.45, 2.75) is 0 Å². The number of halogens is 2. The Balaban J connectivity index is 2.28. The lowest BCUT2D eigenvalue weighted by Crippen LogP contribution is -2.18. The number of amides is 1. The van der Waals surface area contributed by atoms with Gasteiger partial charge in [-0.15, -0.1) is 0 Å². The summed E-state index contributed by atoms with van der Waals surface area (Å²) in [5.74, 6) is -2.26. The van der Waals surface area contributed by atoms with Crippen LogP contribution >= 0.6 is 12.2 Å². The number of aromatic nitrogens is 2. The van der Waals surface area contributed by atoms with E-state index >= 15 is 0 Å². The van der Waals surface area contributed by atoms with Crippen LogP contribution in [-0.2, 0) is 0 Å². The van der Waals surface area contributed by atoms with Crippen LogP contribution in [-0.4, -0.2) is 21.1 Å². The molecule has 1 heterocycles. The molecule has 2 rings (SSSR count). The van der Waals surface area contributed by atoms with E-state index in [-0.39, 0.29) is 10.8 Å². The summed E-state index contributed by atoms with van der Waals surface area (Å²) in [5, 5.41) is 8.44. The highest BCUT2D eigenvalue weighted by Gasteiger charge is 2.16. The number of nitrogens with one attached hydrogen (secondary N) is 2. The van der Waals surface area contributed by atoms with Gasteiger partial charge in [0.25, 0.3) is 5.91 Å². The zero-order valence-corrected chi connectivity index (χ0v) is 10.2. The highest BCUT2D eigenvalue weighted by molar-refractivity contribution is 7.80. The van der Waals surface area contributed by atoms with Gasteiger partial charge in [-0.2, -0.15) is 5.10 Å². The Bertz CT molecular complexity index is 656. The summed E-state index contributed by atoms with van der Waals surface area (Å²) < 4.78 is 26.4. The lowest BCUT2D eigenvalue weighted by molar-refractivity contribution is 0.102. The molecule has 0 unspecified atom stereocenters. The number of thiocarbonyl (C=S) groups is 1. The standard InChI is InChI=1S/C11H8F2N4OS/c12-5-1-2-8(13)6(3-5)11(18)16-10-7(9(14)19)4-15-17-10/h1-4H,(H2,14,19)(H2,15,16,17,18). The SMILES string of the molecule is NC(=S)c1cn[nH]c1NC(=O)c1cc(F)ccc1F. The summed E-state index contributed by atoms with van der Waals surface area (Å²) in [4.78, 5) is 11.8. The normalized spacial score (nSPS) is 10.2. The van der Waals surface area contributed by atoms with E-state index in [4.69, 9.17) is 18.0 Å². The molecule has 0 aliphatic heterocycles. The molecule has 0 spiro atoms. The van der Waals surface area contributed by atoms with Crippen LogP contribution < -0.4 is 11.1 Å². The number of hydrogen-bond donors (Lipinski definition) is 3. The fourth-order valence-electron chi connectivity index (χ4n) is 1.42. The van der Waals surface area contributed by atoms with E-state index in [0.29, 0.717) is 5.56 Å². The maximum atomic E-state index is 13.4. The van der Waals surface area contributed by atoms with E-state index in [1.54, 1.807) is 0 Å². The zero-order chi connectivity index (χ0) is 14.0. The first kappa shape index (κ1) is 13.1. The van der Waals surface area contributed by atoms with E-state index in [1.807, 2.05) is 0 Å². The number of carbonyl (C=O) groups is 1. The number of anilines is 1. The number of H-pyrrole nitrogens is 1. The highest BCUT2D eigenvalue weighted by Crippen LogP contribution is 2.15. The van der Waals surface area contributed by atoms with Crippen LogP contribution in [0.1, 0.15) is 15.9 Å². The quantitative estimate of drug-likeness (QED) is 0.746. The molecular formula is C11H8F2N4OS. The van der Waals surface area contributed by atoms with Gasteiger partial charge in [-0.25, -0.2) is 8.78 Å². The van der Waals surface area contributed by atoms with Crippen molar-refractivity contribution in [2.75, 3.05) is 5.32 Å². The van der Waals surface area contributed by atoms with Crippen molar-refractivity contribution in [3.63, 3.8) is 0 Å². The average Bonchev–Trinajstić information content (AvgIpc) is 2.80. The van der Waals surface area contributed by atoms with Crippen molar-refractivity contribution in [1.82, 2.24) is 10.2 Å². The molecule has 4 N–H and O–H groups in total. The molecule has 2 aromatic rings. The summed E-state index contributed by atoms with van der Waals surface area (Å²) in [6.45, 7) is 0. The van der Waals surface area contributed by atoms with E-state index in [2.05, 4.69) is 15.5 Å². The number of nitrogens with zero attached hydrogens (tertiary/aromatic N) is 1. The first-order chi connectivity index (χ1) is 8.99. The molecule has 1 aromatic carbocycles. The van der Waals surface area contributed by atoms with Gasteiger partial charge in [0.15, 0.2) is 0 Å². The Kier molecular flexibility index (Phi) is 3.52. The van der Waals surface area contributed by atoms with Crippen LogP contribution in [0.4, 0.5) is 14.6 Å². The van der Waals surface area contributed by atoms with Crippen molar-refractivity contribution in [1.29, 1.82) is 0 Å². The third-order valence-electron chi connectivity index (χ3n) is 2.32. The zero-order valence-electron chi connectivity index (χ0n) is 9.41. The third kappa shape index (κ3) is 2.74. The van der Waals surface area contributed by atoms with Gasteiger partial charge in [-0.05, 0) is 18.2 Å². The van der Waals surface area contributed by atoms with Crippen molar-refractivity contribution in [2.24, 2.45) is 5.73 Å². The summed E-state index contributed by atoms with van der Waals surface area (Å²) in [7, 11) is 0. The van der Waals surface area contributed by atoms with Crippen LogP contribution in [0.5, 0.6) is 0 Å². The van der Waals surface area contributed by atoms with Gasteiger partial charge < -0.3 is 11.1 Å². The maximum Gasteiger partial charge on any atom is 0.259 e. The molecule has 98 valence electrons. The Morgan fingerprint density at radius 2 is 2.11 bits per heavy atom. The molecule has 0 aliphatic carbocycles. The molecule has 0 saturated heterocycles. The van der Waals surface area contributed by atoms with Crippen LogP contribution in [0, 0.1) is 11.6 Å². The number of aromatic amines is 1. The largest absolute Gasteiger partial charge is 0.389 e. The first-order valence-corrected chi connectivity index (χ1v) is 5.49. The Morgan fingerprint density at radius 1 is 1.37 bits per heavy atom. The van der Waals surface area contributed by atoms with Gasteiger partial charge in [0.05, 0.1) is 17.3 Å². The number of nitrogens with two attached hydrogens (primary N) is 1. The monoisotopic (exact) mass is 282 g/mol. The van der Waals surface area contributed by atoms with Crippen molar-refractivity contribution in [3.8, 4) is 0 Å². The molecule has 0 radical (unpaired) electrons. The minimum absolute atomic E-state index is 0.0174. The number of carbonyl (C=O) groups excluding carboxylic acids is 1. The minimum Gasteiger partial charge on any atom is -0.389 e. The second-order valence-electron chi connectivity index (χ2n) is 3.60. The van der Waals surface area contributed by atoms with E-state index in [0.717, 1.165) is 18.2 Å². The van der Waals surface area contributed by atoms with Crippen LogP contribution in [0.25, 0.3) is 0 Å². The van der Waals surface area contributed by atoms with E-state index in [9.17, 15) is 13.6 Å². The van der Waals surface area contributed by atoms with Gasteiger partial charge in [-0.3, -0.25) is 9.89 Å². The highest BCUT2D eigenvalue weighted by atomic mass is 32.1. The molecule has 0 aliphatic rings. The second kappa shape index (κ2) is 5.11. The van der Waals surface area contributed by atoms with E-state index in [1.165, 1.54) is 6.20 Å². The van der Waals surface area contributed by atoms with Crippen molar-refractivity contribution >= 4 is 28.9 Å². The molecule has 1 aromatic heterocycles. The predicted octanol–water partition coefficient (Wildman–Crippen LogP) is 1.57. The lowest BCUT2D eigenvalue weighted by Gasteiger charge is -2.06. The van der Waals surface area contributed by atoms with Crippen LogP contribution in [0.2, 0.25) is 0 Å².